The Morgan fingerprint density at radius 3 is 2.41 bits per heavy atom. The van der Waals surface area contributed by atoms with Crippen LogP contribution in [0, 0.1) is 12.3 Å². The van der Waals surface area contributed by atoms with Gasteiger partial charge in [-0.05, 0) is 24.0 Å². The second-order valence-electron chi connectivity index (χ2n) is 6.74. The number of ether oxygens (including phenoxy) is 1. The number of esters is 1. The first-order valence-electron chi connectivity index (χ1n) is 7.53. The van der Waals surface area contributed by atoms with Gasteiger partial charge in [-0.1, -0.05) is 51.1 Å². The summed E-state index contributed by atoms with van der Waals surface area (Å²) >= 11 is 0. The van der Waals surface area contributed by atoms with Crippen molar-refractivity contribution in [3.05, 3.63) is 53.3 Å². The van der Waals surface area contributed by atoms with Gasteiger partial charge in [0.1, 0.15) is 6.10 Å². The monoisotopic (exact) mass is 300 g/mol. The molecule has 0 aliphatic carbocycles. The first kappa shape index (κ1) is 16.3. The molecule has 0 aliphatic rings. The lowest BCUT2D eigenvalue weighted by atomic mass is 9.85. The van der Waals surface area contributed by atoms with Gasteiger partial charge >= 0.3 is 5.97 Å². The minimum atomic E-state index is -0.362. The third kappa shape index (κ3) is 3.97. The topological polar surface area (TPSA) is 44.1 Å². The summed E-state index contributed by atoms with van der Waals surface area (Å²) in [4.78, 5) is 12.4. The summed E-state index contributed by atoms with van der Waals surface area (Å²) in [6.07, 6.45) is 0.492. The SMILES string of the molecule is Cc1cc(C(=O)OC(Cc2ccccc2)C(C)(C)C)nn1C. The second kappa shape index (κ2) is 6.34. The molecule has 0 spiro atoms. The molecule has 2 aromatic rings. The van der Waals surface area contributed by atoms with Gasteiger partial charge in [0.25, 0.3) is 0 Å². The third-order valence-corrected chi connectivity index (χ3v) is 3.80. The molecule has 22 heavy (non-hydrogen) atoms. The maximum atomic E-state index is 12.4. The molecule has 0 saturated heterocycles. The van der Waals surface area contributed by atoms with E-state index in [0.717, 1.165) is 11.3 Å². The maximum absolute atomic E-state index is 12.4. The van der Waals surface area contributed by atoms with E-state index in [9.17, 15) is 4.79 Å². The molecule has 1 aromatic heterocycles. The molecule has 0 bridgehead atoms. The number of carbonyl (C=O) groups is 1. The zero-order chi connectivity index (χ0) is 16.3. The fraction of sp³-hybridized carbons (Fsp3) is 0.444. The quantitative estimate of drug-likeness (QED) is 0.811. The molecule has 1 heterocycles. The molecule has 4 heteroatoms. The lowest BCUT2D eigenvalue weighted by Gasteiger charge is -2.30. The highest BCUT2D eigenvalue weighted by atomic mass is 16.5. The van der Waals surface area contributed by atoms with Crippen LogP contribution >= 0.6 is 0 Å². The van der Waals surface area contributed by atoms with E-state index in [1.54, 1.807) is 10.7 Å². The van der Waals surface area contributed by atoms with Crippen LogP contribution < -0.4 is 0 Å². The molecule has 118 valence electrons. The summed E-state index contributed by atoms with van der Waals surface area (Å²) in [5.41, 5.74) is 2.31. The van der Waals surface area contributed by atoms with Crippen LogP contribution in [0.3, 0.4) is 0 Å². The molecule has 1 unspecified atom stereocenters. The molecule has 0 fully saturated rings. The third-order valence-electron chi connectivity index (χ3n) is 3.80. The van der Waals surface area contributed by atoms with Crippen molar-refractivity contribution in [2.45, 2.75) is 40.2 Å². The van der Waals surface area contributed by atoms with Gasteiger partial charge in [-0.25, -0.2) is 4.79 Å². The fourth-order valence-electron chi connectivity index (χ4n) is 2.20. The highest BCUT2D eigenvalue weighted by Crippen LogP contribution is 2.26. The van der Waals surface area contributed by atoms with Crippen molar-refractivity contribution in [2.24, 2.45) is 12.5 Å². The molecular weight excluding hydrogens is 276 g/mol. The molecule has 0 aliphatic heterocycles. The zero-order valence-corrected chi connectivity index (χ0v) is 14.0. The van der Waals surface area contributed by atoms with Crippen LogP contribution in [0.5, 0.6) is 0 Å². The average Bonchev–Trinajstić information content (AvgIpc) is 2.78. The predicted molar refractivity (Wildman–Crippen MR) is 86.7 cm³/mol. The van der Waals surface area contributed by atoms with Gasteiger partial charge in [-0.15, -0.1) is 0 Å². The van der Waals surface area contributed by atoms with E-state index < -0.39 is 0 Å². The van der Waals surface area contributed by atoms with E-state index in [4.69, 9.17) is 4.74 Å². The zero-order valence-electron chi connectivity index (χ0n) is 14.0. The molecule has 1 atom stereocenters. The first-order valence-corrected chi connectivity index (χ1v) is 7.53. The Balaban J connectivity index is 2.15. The van der Waals surface area contributed by atoms with Gasteiger partial charge in [0.2, 0.25) is 0 Å². The molecule has 1 aromatic carbocycles. The Labute approximate surface area is 132 Å². The summed E-state index contributed by atoms with van der Waals surface area (Å²) in [7, 11) is 1.82. The standard InChI is InChI=1S/C18H24N2O2/c1-13-11-15(19-20(13)5)17(21)22-16(18(2,3)4)12-14-9-7-6-8-10-14/h6-11,16H,12H2,1-5H3. The largest absolute Gasteiger partial charge is 0.457 e. The molecule has 4 nitrogen and oxygen atoms in total. The van der Waals surface area contributed by atoms with Crippen LogP contribution in [0.15, 0.2) is 36.4 Å². The van der Waals surface area contributed by atoms with Crippen LogP contribution in [0.1, 0.15) is 42.5 Å². The van der Waals surface area contributed by atoms with Crippen molar-refractivity contribution in [1.29, 1.82) is 0 Å². The van der Waals surface area contributed by atoms with E-state index in [1.165, 1.54) is 0 Å². The smallest absolute Gasteiger partial charge is 0.359 e. The number of hydrogen-bond donors (Lipinski definition) is 0. The van der Waals surface area contributed by atoms with E-state index in [-0.39, 0.29) is 17.5 Å². The van der Waals surface area contributed by atoms with Crippen LogP contribution in [0.2, 0.25) is 0 Å². The van der Waals surface area contributed by atoms with E-state index >= 15 is 0 Å². The van der Waals surface area contributed by atoms with Crippen LogP contribution in [-0.2, 0) is 18.2 Å². The maximum Gasteiger partial charge on any atom is 0.359 e. The summed E-state index contributed by atoms with van der Waals surface area (Å²) < 4.78 is 7.44. The Bertz CT molecular complexity index is 619. The molecule has 0 N–H and O–H groups in total. The first-order chi connectivity index (χ1) is 10.3. The molecule has 0 amide bonds. The van der Waals surface area contributed by atoms with Gasteiger partial charge in [0, 0.05) is 19.2 Å². The average molecular weight is 300 g/mol. The molecule has 0 saturated carbocycles. The minimum absolute atomic E-state index is 0.144. The molecule has 2 rings (SSSR count). The summed E-state index contributed by atoms with van der Waals surface area (Å²) in [5.74, 6) is -0.362. The van der Waals surface area contributed by atoms with Crippen molar-refractivity contribution >= 4 is 5.97 Å². The van der Waals surface area contributed by atoms with Gasteiger partial charge in [0.05, 0.1) is 0 Å². The van der Waals surface area contributed by atoms with Gasteiger partial charge < -0.3 is 4.74 Å². The predicted octanol–water partition coefficient (Wildman–Crippen LogP) is 3.54. The number of aryl methyl sites for hydroxylation is 2. The Morgan fingerprint density at radius 1 is 1.27 bits per heavy atom. The normalized spacial score (nSPS) is 13.0. The highest BCUT2D eigenvalue weighted by Gasteiger charge is 2.29. The van der Waals surface area contributed by atoms with Crippen molar-refractivity contribution in [3.63, 3.8) is 0 Å². The van der Waals surface area contributed by atoms with Crippen LogP contribution in [0.25, 0.3) is 0 Å². The summed E-state index contributed by atoms with van der Waals surface area (Å²) in [6.45, 7) is 8.15. The number of benzene rings is 1. The number of aromatic nitrogens is 2. The van der Waals surface area contributed by atoms with E-state index in [1.807, 2.05) is 32.2 Å². The lowest BCUT2D eigenvalue weighted by Crippen LogP contribution is -2.33. The number of rotatable bonds is 4. The Kier molecular flexibility index (Phi) is 4.69. The Morgan fingerprint density at radius 2 is 1.91 bits per heavy atom. The number of carbonyl (C=O) groups excluding carboxylic acids is 1. The van der Waals surface area contributed by atoms with Crippen LogP contribution in [0.4, 0.5) is 0 Å². The van der Waals surface area contributed by atoms with Gasteiger partial charge in [-0.3, -0.25) is 4.68 Å². The lowest BCUT2D eigenvalue weighted by molar-refractivity contribution is -0.00305. The van der Waals surface area contributed by atoms with Crippen molar-refractivity contribution < 1.29 is 9.53 Å². The van der Waals surface area contributed by atoms with Gasteiger partial charge in [0.15, 0.2) is 5.69 Å². The fourth-order valence-corrected chi connectivity index (χ4v) is 2.20. The van der Waals surface area contributed by atoms with Crippen LogP contribution in [-0.4, -0.2) is 21.9 Å². The highest BCUT2D eigenvalue weighted by molar-refractivity contribution is 5.87. The number of nitrogens with zero attached hydrogens (tertiary/aromatic N) is 2. The molecular formula is C18H24N2O2. The minimum Gasteiger partial charge on any atom is -0.457 e. The van der Waals surface area contributed by atoms with Crippen molar-refractivity contribution in [1.82, 2.24) is 9.78 Å². The molecule has 0 radical (unpaired) electrons. The van der Waals surface area contributed by atoms with E-state index in [0.29, 0.717) is 12.1 Å². The Hall–Kier alpha value is -2.10. The van der Waals surface area contributed by atoms with Crippen molar-refractivity contribution in [3.8, 4) is 0 Å². The summed E-state index contributed by atoms with van der Waals surface area (Å²) in [5, 5.41) is 4.19. The van der Waals surface area contributed by atoms with Crippen molar-refractivity contribution in [2.75, 3.05) is 0 Å². The second-order valence-corrected chi connectivity index (χ2v) is 6.74. The van der Waals surface area contributed by atoms with E-state index in [2.05, 4.69) is 38.0 Å². The van der Waals surface area contributed by atoms with Gasteiger partial charge in [-0.2, -0.15) is 5.10 Å². The summed E-state index contributed by atoms with van der Waals surface area (Å²) in [6, 6.07) is 11.8. The number of hydrogen-bond acceptors (Lipinski definition) is 3.